The van der Waals surface area contributed by atoms with E-state index >= 15 is 0 Å². The predicted molar refractivity (Wildman–Crippen MR) is 81.0 cm³/mol. The van der Waals surface area contributed by atoms with Crippen molar-refractivity contribution in [3.05, 3.63) is 29.3 Å². The second-order valence-corrected chi connectivity index (χ2v) is 6.89. The van der Waals surface area contributed by atoms with Gasteiger partial charge in [-0.1, -0.05) is 39.8 Å². The van der Waals surface area contributed by atoms with Crippen LogP contribution in [0.15, 0.2) is 18.2 Å². The Kier molecular flexibility index (Phi) is 3.91. The monoisotopic (exact) mass is 261 g/mol. The third-order valence-corrected chi connectivity index (χ3v) is 4.35. The number of aryl methyl sites for hydroxylation is 1. The van der Waals surface area contributed by atoms with E-state index in [1.54, 1.807) is 7.11 Å². The molecule has 1 aliphatic heterocycles. The van der Waals surface area contributed by atoms with Gasteiger partial charge in [0.25, 0.3) is 0 Å². The highest BCUT2D eigenvalue weighted by Gasteiger charge is 2.37. The van der Waals surface area contributed by atoms with Crippen LogP contribution in [-0.2, 0) is 11.8 Å². The smallest absolute Gasteiger partial charge is 0.122 e. The van der Waals surface area contributed by atoms with E-state index in [0.29, 0.717) is 5.41 Å². The van der Waals surface area contributed by atoms with Crippen molar-refractivity contribution in [3.63, 3.8) is 0 Å². The van der Waals surface area contributed by atoms with Crippen molar-refractivity contribution in [3.8, 4) is 5.75 Å². The van der Waals surface area contributed by atoms with Gasteiger partial charge in [-0.05, 0) is 35.4 Å². The molecule has 0 spiro atoms. The van der Waals surface area contributed by atoms with Gasteiger partial charge in [0.05, 0.1) is 7.11 Å². The van der Waals surface area contributed by atoms with E-state index in [0.717, 1.165) is 25.3 Å². The molecular formula is C17H27NO. The van der Waals surface area contributed by atoms with E-state index in [9.17, 15) is 0 Å². The standard InChI is InChI=1S/C17H27NO/c1-6-13-9-14(7-8-15(13)19-5)17(4)10-16(2,3)11-18-12-17/h7-9,18H,6,10-12H2,1-5H3. The molecule has 1 N–H and O–H groups in total. The predicted octanol–water partition coefficient (Wildman–Crippen LogP) is 3.53. The molecule has 19 heavy (non-hydrogen) atoms. The first-order valence-electron chi connectivity index (χ1n) is 7.28. The summed E-state index contributed by atoms with van der Waals surface area (Å²) in [5, 5.41) is 3.60. The van der Waals surface area contributed by atoms with Gasteiger partial charge in [-0.15, -0.1) is 0 Å². The van der Waals surface area contributed by atoms with E-state index in [1.807, 2.05) is 0 Å². The fourth-order valence-corrected chi connectivity index (χ4v) is 3.49. The maximum Gasteiger partial charge on any atom is 0.122 e. The summed E-state index contributed by atoms with van der Waals surface area (Å²) >= 11 is 0. The van der Waals surface area contributed by atoms with Crippen LogP contribution >= 0.6 is 0 Å². The first kappa shape index (κ1) is 14.4. The van der Waals surface area contributed by atoms with Crippen LogP contribution in [0.2, 0.25) is 0 Å². The van der Waals surface area contributed by atoms with Crippen LogP contribution in [0.5, 0.6) is 5.75 Å². The Hall–Kier alpha value is -1.02. The Labute approximate surface area is 117 Å². The van der Waals surface area contributed by atoms with Gasteiger partial charge in [0.1, 0.15) is 5.75 Å². The van der Waals surface area contributed by atoms with Gasteiger partial charge in [-0.2, -0.15) is 0 Å². The highest BCUT2D eigenvalue weighted by Crippen LogP contribution is 2.40. The summed E-state index contributed by atoms with van der Waals surface area (Å²) in [6, 6.07) is 6.70. The first-order valence-corrected chi connectivity index (χ1v) is 7.28. The van der Waals surface area contributed by atoms with Gasteiger partial charge in [0.15, 0.2) is 0 Å². The molecule has 0 bridgehead atoms. The molecule has 106 valence electrons. The molecule has 1 aliphatic rings. The third-order valence-electron chi connectivity index (χ3n) is 4.35. The molecule has 1 aromatic rings. The zero-order valence-corrected chi connectivity index (χ0v) is 13.0. The number of methoxy groups -OCH3 is 1. The quantitative estimate of drug-likeness (QED) is 0.898. The lowest BCUT2D eigenvalue weighted by molar-refractivity contribution is 0.179. The Morgan fingerprint density at radius 3 is 2.53 bits per heavy atom. The number of benzene rings is 1. The maximum absolute atomic E-state index is 5.44. The molecule has 0 aromatic heterocycles. The van der Waals surface area contributed by atoms with E-state index in [2.05, 4.69) is 51.2 Å². The SMILES string of the molecule is CCc1cc(C2(C)CNCC(C)(C)C2)ccc1OC. The van der Waals surface area contributed by atoms with Crippen LogP contribution in [0.25, 0.3) is 0 Å². The second kappa shape index (κ2) is 5.16. The number of piperidine rings is 1. The molecule has 0 saturated carbocycles. The molecule has 1 heterocycles. The summed E-state index contributed by atoms with van der Waals surface area (Å²) < 4.78 is 5.44. The molecule has 0 amide bonds. The average Bonchev–Trinajstić information content (AvgIpc) is 2.36. The number of hydrogen-bond donors (Lipinski definition) is 1. The third kappa shape index (κ3) is 2.94. The van der Waals surface area contributed by atoms with Gasteiger partial charge in [0, 0.05) is 18.5 Å². The first-order chi connectivity index (χ1) is 8.90. The number of ether oxygens (including phenoxy) is 1. The summed E-state index contributed by atoms with van der Waals surface area (Å²) in [6.07, 6.45) is 2.24. The lowest BCUT2D eigenvalue weighted by Gasteiger charge is -2.44. The van der Waals surface area contributed by atoms with E-state index in [4.69, 9.17) is 4.74 Å². The Morgan fingerprint density at radius 2 is 1.95 bits per heavy atom. The molecular weight excluding hydrogens is 234 g/mol. The van der Waals surface area contributed by atoms with Crippen molar-refractivity contribution < 1.29 is 4.74 Å². The minimum Gasteiger partial charge on any atom is -0.496 e. The molecule has 1 aromatic carbocycles. The molecule has 0 aliphatic carbocycles. The largest absolute Gasteiger partial charge is 0.496 e. The van der Waals surface area contributed by atoms with Gasteiger partial charge >= 0.3 is 0 Å². The minimum absolute atomic E-state index is 0.220. The van der Waals surface area contributed by atoms with Crippen LogP contribution < -0.4 is 10.1 Å². The minimum atomic E-state index is 0.220. The van der Waals surface area contributed by atoms with Crippen molar-refractivity contribution in [2.45, 2.75) is 46.0 Å². The fraction of sp³-hybridized carbons (Fsp3) is 0.647. The summed E-state index contributed by atoms with van der Waals surface area (Å²) in [5.74, 6) is 1.01. The summed E-state index contributed by atoms with van der Waals surface area (Å²) in [4.78, 5) is 0. The van der Waals surface area contributed by atoms with Crippen molar-refractivity contribution in [2.24, 2.45) is 5.41 Å². The fourth-order valence-electron chi connectivity index (χ4n) is 3.49. The molecule has 2 nitrogen and oxygen atoms in total. The van der Waals surface area contributed by atoms with E-state index in [1.165, 1.54) is 17.5 Å². The highest BCUT2D eigenvalue weighted by molar-refractivity contribution is 5.40. The summed E-state index contributed by atoms with van der Waals surface area (Å²) in [7, 11) is 1.75. The van der Waals surface area contributed by atoms with Gasteiger partial charge in [-0.25, -0.2) is 0 Å². The number of rotatable bonds is 3. The average molecular weight is 261 g/mol. The van der Waals surface area contributed by atoms with Crippen LogP contribution in [0.4, 0.5) is 0 Å². The molecule has 2 rings (SSSR count). The van der Waals surface area contributed by atoms with E-state index in [-0.39, 0.29) is 5.41 Å². The normalized spacial score (nSPS) is 26.2. The zero-order valence-electron chi connectivity index (χ0n) is 13.0. The lowest BCUT2D eigenvalue weighted by atomic mass is 9.67. The number of nitrogens with one attached hydrogen (secondary N) is 1. The molecule has 0 radical (unpaired) electrons. The van der Waals surface area contributed by atoms with Crippen LogP contribution in [0.1, 0.15) is 45.2 Å². The van der Waals surface area contributed by atoms with E-state index < -0.39 is 0 Å². The highest BCUT2D eigenvalue weighted by atomic mass is 16.5. The van der Waals surface area contributed by atoms with Crippen LogP contribution in [0, 0.1) is 5.41 Å². The molecule has 1 unspecified atom stereocenters. The van der Waals surface area contributed by atoms with Gasteiger partial charge < -0.3 is 10.1 Å². The van der Waals surface area contributed by atoms with Crippen LogP contribution in [-0.4, -0.2) is 20.2 Å². The molecule has 1 saturated heterocycles. The topological polar surface area (TPSA) is 21.3 Å². The van der Waals surface area contributed by atoms with Crippen molar-refractivity contribution in [1.82, 2.24) is 5.32 Å². The molecule has 2 heteroatoms. The Bertz CT molecular complexity index is 453. The summed E-state index contributed by atoms with van der Waals surface area (Å²) in [5.41, 5.74) is 3.33. The van der Waals surface area contributed by atoms with Gasteiger partial charge in [0.2, 0.25) is 0 Å². The molecule has 1 atom stereocenters. The summed E-state index contributed by atoms with van der Waals surface area (Å²) in [6.45, 7) is 11.4. The Balaban J connectivity index is 2.35. The second-order valence-electron chi connectivity index (χ2n) is 6.89. The zero-order chi connectivity index (χ0) is 14.1. The van der Waals surface area contributed by atoms with Crippen molar-refractivity contribution in [2.75, 3.05) is 20.2 Å². The van der Waals surface area contributed by atoms with Crippen molar-refractivity contribution in [1.29, 1.82) is 0 Å². The van der Waals surface area contributed by atoms with Gasteiger partial charge in [-0.3, -0.25) is 0 Å². The Morgan fingerprint density at radius 1 is 1.21 bits per heavy atom. The number of hydrogen-bond acceptors (Lipinski definition) is 2. The lowest BCUT2D eigenvalue weighted by Crippen LogP contribution is -2.49. The van der Waals surface area contributed by atoms with Crippen LogP contribution in [0.3, 0.4) is 0 Å². The maximum atomic E-state index is 5.44. The van der Waals surface area contributed by atoms with Crippen molar-refractivity contribution >= 4 is 0 Å². The molecule has 1 fully saturated rings.